The van der Waals surface area contributed by atoms with Crippen molar-refractivity contribution < 1.29 is 14.4 Å². The Morgan fingerprint density at radius 3 is 2.52 bits per heavy atom. The van der Waals surface area contributed by atoms with Crippen LogP contribution in [-0.2, 0) is 29.0 Å². The predicted octanol–water partition coefficient (Wildman–Crippen LogP) is 2.51. The number of hydrogen-bond donors (Lipinski definition) is 1. The zero-order valence-electron chi connectivity index (χ0n) is 16.3. The summed E-state index contributed by atoms with van der Waals surface area (Å²) in [5, 5.41) is 2.73. The minimum Gasteiger partial charge on any atom is -0.338 e. The Morgan fingerprint density at radius 2 is 1.72 bits per heavy atom. The number of imide groups is 1. The van der Waals surface area contributed by atoms with Gasteiger partial charge < -0.3 is 10.2 Å². The topological polar surface area (TPSA) is 69.7 Å². The minimum absolute atomic E-state index is 0.0317. The van der Waals surface area contributed by atoms with Crippen molar-refractivity contribution in [2.24, 2.45) is 0 Å². The Morgan fingerprint density at radius 1 is 1.00 bits per heavy atom. The van der Waals surface area contributed by atoms with Gasteiger partial charge in [-0.05, 0) is 36.0 Å². The van der Waals surface area contributed by atoms with Gasteiger partial charge >= 0.3 is 6.03 Å². The van der Waals surface area contributed by atoms with Crippen molar-refractivity contribution in [1.82, 2.24) is 15.1 Å². The Balaban J connectivity index is 1.28. The van der Waals surface area contributed by atoms with E-state index in [9.17, 15) is 14.4 Å². The third kappa shape index (κ3) is 4.31. The van der Waals surface area contributed by atoms with Gasteiger partial charge in [-0.3, -0.25) is 14.5 Å². The van der Waals surface area contributed by atoms with Crippen molar-refractivity contribution in [3.8, 4) is 0 Å². The lowest BCUT2D eigenvalue weighted by atomic mass is 9.99. The van der Waals surface area contributed by atoms with Crippen LogP contribution < -0.4 is 5.32 Å². The highest BCUT2D eigenvalue weighted by Gasteiger charge is 2.37. The summed E-state index contributed by atoms with van der Waals surface area (Å²) in [4.78, 5) is 40.5. The lowest BCUT2D eigenvalue weighted by Crippen LogP contribution is -2.37. The van der Waals surface area contributed by atoms with Crippen LogP contribution in [0.4, 0.5) is 4.79 Å². The van der Waals surface area contributed by atoms with E-state index >= 15 is 0 Å². The van der Waals surface area contributed by atoms with Crippen LogP contribution in [0.5, 0.6) is 0 Å². The van der Waals surface area contributed by atoms with Crippen molar-refractivity contribution in [2.45, 2.75) is 38.3 Å². The summed E-state index contributed by atoms with van der Waals surface area (Å²) in [6.07, 6.45) is 2.07. The number of benzene rings is 2. The molecule has 2 aliphatic rings. The van der Waals surface area contributed by atoms with Gasteiger partial charge in [-0.1, -0.05) is 54.6 Å². The molecular formula is C23H25N3O3. The summed E-state index contributed by atoms with van der Waals surface area (Å²) in [5.74, 6) is -0.202. The average molecular weight is 391 g/mol. The Kier molecular flexibility index (Phi) is 5.60. The van der Waals surface area contributed by atoms with E-state index in [0.29, 0.717) is 32.5 Å². The minimum atomic E-state index is -0.612. The first-order valence-electron chi connectivity index (χ1n) is 10.1. The van der Waals surface area contributed by atoms with Gasteiger partial charge in [-0.15, -0.1) is 0 Å². The maximum Gasteiger partial charge on any atom is 0.324 e. The highest BCUT2D eigenvalue weighted by atomic mass is 16.2. The van der Waals surface area contributed by atoms with Crippen LogP contribution in [0.25, 0.3) is 0 Å². The number of urea groups is 1. The first kappa shape index (κ1) is 19.2. The van der Waals surface area contributed by atoms with Gasteiger partial charge in [0.15, 0.2) is 0 Å². The number of fused-ring (bicyclic) bond motifs is 1. The zero-order chi connectivity index (χ0) is 20.2. The summed E-state index contributed by atoms with van der Waals surface area (Å²) in [6, 6.07) is 17.0. The van der Waals surface area contributed by atoms with E-state index in [4.69, 9.17) is 0 Å². The molecule has 6 nitrogen and oxygen atoms in total. The van der Waals surface area contributed by atoms with Crippen molar-refractivity contribution in [1.29, 1.82) is 0 Å². The fourth-order valence-electron chi connectivity index (χ4n) is 4.00. The molecule has 2 aromatic rings. The smallest absolute Gasteiger partial charge is 0.324 e. The first-order chi connectivity index (χ1) is 14.1. The monoisotopic (exact) mass is 391 g/mol. The molecule has 29 heavy (non-hydrogen) atoms. The van der Waals surface area contributed by atoms with E-state index in [1.807, 2.05) is 47.4 Å². The van der Waals surface area contributed by atoms with E-state index in [1.54, 1.807) is 0 Å². The summed E-state index contributed by atoms with van der Waals surface area (Å²) < 4.78 is 0. The Hall–Kier alpha value is -3.15. The fraction of sp³-hybridized carbons (Fsp3) is 0.348. The van der Waals surface area contributed by atoms with Gasteiger partial charge in [0, 0.05) is 26.1 Å². The molecule has 1 N–H and O–H groups in total. The highest BCUT2D eigenvalue weighted by Crippen LogP contribution is 2.20. The molecule has 0 spiro atoms. The largest absolute Gasteiger partial charge is 0.338 e. The van der Waals surface area contributed by atoms with Crippen LogP contribution in [0, 0.1) is 0 Å². The number of amides is 4. The van der Waals surface area contributed by atoms with E-state index in [2.05, 4.69) is 17.4 Å². The normalized spacial score (nSPS) is 18.6. The van der Waals surface area contributed by atoms with Gasteiger partial charge in [-0.2, -0.15) is 0 Å². The molecule has 2 aromatic carbocycles. The molecule has 2 aliphatic heterocycles. The number of hydrogen-bond acceptors (Lipinski definition) is 3. The molecule has 0 radical (unpaired) electrons. The maximum atomic E-state index is 12.6. The molecule has 0 unspecified atom stereocenters. The molecule has 1 fully saturated rings. The molecule has 6 heteroatoms. The van der Waals surface area contributed by atoms with E-state index < -0.39 is 6.04 Å². The van der Waals surface area contributed by atoms with Crippen molar-refractivity contribution in [3.05, 3.63) is 71.3 Å². The lowest BCUT2D eigenvalue weighted by Gasteiger charge is -2.29. The number of carbonyl (C=O) groups is 3. The predicted molar refractivity (Wildman–Crippen MR) is 109 cm³/mol. The molecule has 0 aromatic heterocycles. The third-order valence-corrected chi connectivity index (χ3v) is 5.70. The second kappa shape index (κ2) is 8.47. The second-order valence-corrected chi connectivity index (χ2v) is 7.60. The number of nitrogens with zero attached hydrogens (tertiary/aromatic N) is 2. The summed E-state index contributed by atoms with van der Waals surface area (Å²) >= 11 is 0. The van der Waals surface area contributed by atoms with E-state index in [1.165, 1.54) is 16.0 Å². The molecule has 0 saturated carbocycles. The molecule has 4 rings (SSSR count). The molecule has 150 valence electrons. The maximum absolute atomic E-state index is 12.6. The standard InChI is InChI=1S/C23H25N3O3/c27-21(25-14-13-18-8-4-5-9-19(18)16-25)11-10-20-22(28)26(23(29)24-20)15-12-17-6-2-1-3-7-17/h1-9,20H,10-16H2,(H,24,29)/t20-/m0/s1. The van der Waals surface area contributed by atoms with Crippen LogP contribution in [0.2, 0.25) is 0 Å². The van der Waals surface area contributed by atoms with Crippen LogP contribution in [0.3, 0.4) is 0 Å². The van der Waals surface area contributed by atoms with Gasteiger partial charge in [0.1, 0.15) is 6.04 Å². The molecule has 1 atom stereocenters. The van der Waals surface area contributed by atoms with Gasteiger partial charge in [0.25, 0.3) is 5.91 Å². The summed E-state index contributed by atoms with van der Waals surface area (Å²) in [6.45, 7) is 1.66. The van der Waals surface area contributed by atoms with Gasteiger partial charge in [-0.25, -0.2) is 4.79 Å². The van der Waals surface area contributed by atoms with E-state index in [0.717, 1.165) is 12.0 Å². The molecule has 1 saturated heterocycles. The SMILES string of the molecule is O=C(CC[C@@H]1NC(=O)N(CCc2ccccc2)C1=O)N1CCc2ccccc2C1. The second-order valence-electron chi connectivity index (χ2n) is 7.60. The molecule has 4 amide bonds. The molecule has 0 aliphatic carbocycles. The van der Waals surface area contributed by atoms with Gasteiger partial charge in [0.05, 0.1) is 0 Å². The van der Waals surface area contributed by atoms with Crippen LogP contribution in [0.15, 0.2) is 54.6 Å². The number of nitrogens with one attached hydrogen (secondary N) is 1. The Labute approximate surface area is 170 Å². The average Bonchev–Trinajstić information content (AvgIpc) is 3.03. The van der Waals surface area contributed by atoms with Crippen LogP contribution in [0.1, 0.15) is 29.5 Å². The first-order valence-corrected chi connectivity index (χ1v) is 10.1. The highest BCUT2D eigenvalue weighted by molar-refractivity contribution is 6.04. The lowest BCUT2D eigenvalue weighted by molar-refractivity contribution is -0.132. The number of carbonyl (C=O) groups excluding carboxylic acids is 3. The molecular weight excluding hydrogens is 366 g/mol. The third-order valence-electron chi connectivity index (χ3n) is 5.70. The summed E-state index contributed by atoms with van der Waals surface area (Å²) in [7, 11) is 0. The van der Waals surface area contributed by atoms with Crippen molar-refractivity contribution in [3.63, 3.8) is 0 Å². The van der Waals surface area contributed by atoms with Crippen LogP contribution >= 0.6 is 0 Å². The van der Waals surface area contributed by atoms with Crippen molar-refractivity contribution >= 4 is 17.8 Å². The fourth-order valence-corrected chi connectivity index (χ4v) is 4.00. The van der Waals surface area contributed by atoms with Crippen molar-refractivity contribution in [2.75, 3.05) is 13.1 Å². The zero-order valence-corrected chi connectivity index (χ0v) is 16.3. The van der Waals surface area contributed by atoms with Crippen LogP contribution in [-0.4, -0.2) is 46.8 Å². The number of rotatable bonds is 6. The molecule has 2 heterocycles. The molecule has 0 bridgehead atoms. The summed E-state index contributed by atoms with van der Waals surface area (Å²) in [5.41, 5.74) is 3.56. The quantitative estimate of drug-likeness (QED) is 0.770. The van der Waals surface area contributed by atoms with Gasteiger partial charge in [0.2, 0.25) is 5.91 Å². The Bertz CT molecular complexity index is 913. The van der Waals surface area contributed by atoms with E-state index in [-0.39, 0.29) is 24.3 Å².